The molecule has 0 saturated carbocycles. The van der Waals surface area contributed by atoms with Crippen molar-refractivity contribution in [1.82, 2.24) is 4.98 Å². The maximum atomic E-state index is 12.5. The van der Waals surface area contributed by atoms with Crippen LogP contribution in [0.1, 0.15) is 11.5 Å². The van der Waals surface area contributed by atoms with Gasteiger partial charge in [0.2, 0.25) is 0 Å². The van der Waals surface area contributed by atoms with Crippen molar-refractivity contribution in [1.29, 1.82) is 0 Å². The number of aryl methyl sites for hydroxylation is 2. The van der Waals surface area contributed by atoms with Gasteiger partial charge >= 0.3 is 0 Å². The molecule has 120 valence electrons. The van der Waals surface area contributed by atoms with E-state index in [2.05, 4.69) is 9.71 Å². The molecule has 0 spiro atoms. The molecule has 0 aliphatic rings. The number of nitrogens with one attached hydrogen (secondary N) is 1. The van der Waals surface area contributed by atoms with Gasteiger partial charge in [-0.3, -0.25) is 4.72 Å². The number of benzene rings is 1. The number of sulfonamides is 1. The SMILES string of the molecule is Cc1ncc(-c2ccc(S(=O)(=O)Nc3cc(Cl)ccc3C)s2)o1. The summed E-state index contributed by atoms with van der Waals surface area (Å²) in [5.41, 5.74) is 1.25. The third kappa shape index (κ3) is 3.41. The molecule has 0 radical (unpaired) electrons. The average Bonchev–Trinajstić information content (AvgIpc) is 3.11. The van der Waals surface area contributed by atoms with Gasteiger partial charge in [0.1, 0.15) is 4.21 Å². The van der Waals surface area contributed by atoms with E-state index in [0.717, 1.165) is 16.9 Å². The molecular weight excluding hydrogens is 356 g/mol. The number of aromatic nitrogens is 1. The second-order valence-electron chi connectivity index (χ2n) is 4.93. The number of anilines is 1. The van der Waals surface area contributed by atoms with Crippen molar-refractivity contribution in [3.8, 4) is 10.6 Å². The minimum Gasteiger partial charge on any atom is -0.440 e. The van der Waals surface area contributed by atoms with Gasteiger partial charge in [-0.15, -0.1) is 11.3 Å². The molecule has 0 aliphatic carbocycles. The van der Waals surface area contributed by atoms with E-state index in [0.29, 0.717) is 27.2 Å². The summed E-state index contributed by atoms with van der Waals surface area (Å²) in [4.78, 5) is 4.72. The van der Waals surface area contributed by atoms with Crippen molar-refractivity contribution >= 4 is 38.6 Å². The summed E-state index contributed by atoms with van der Waals surface area (Å²) >= 11 is 7.04. The molecule has 3 aromatic rings. The Hall–Kier alpha value is -1.83. The standard InChI is InChI=1S/C15H13ClN2O3S2/c1-9-3-4-11(16)7-12(9)18-23(19,20)15-6-5-14(22-15)13-8-17-10(2)21-13/h3-8,18H,1-2H3. The Morgan fingerprint density at radius 1 is 1.22 bits per heavy atom. The Balaban J connectivity index is 1.91. The average molecular weight is 369 g/mol. The number of hydrogen-bond acceptors (Lipinski definition) is 5. The van der Waals surface area contributed by atoms with Gasteiger partial charge < -0.3 is 4.42 Å². The van der Waals surface area contributed by atoms with Gasteiger partial charge in [-0.1, -0.05) is 17.7 Å². The highest BCUT2D eigenvalue weighted by Gasteiger charge is 2.19. The zero-order valence-corrected chi connectivity index (χ0v) is 14.7. The van der Waals surface area contributed by atoms with Crippen LogP contribution in [0, 0.1) is 13.8 Å². The van der Waals surface area contributed by atoms with E-state index >= 15 is 0 Å². The number of halogens is 1. The third-order valence-electron chi connectivity index (χ3n) is 3.15. The molecule has 2 heterocycles. The fourth-order valence-corrected chi connectivity index (χ4v) is 4.52. The molecule has 0 atom stereocenters. The molecule has 2 aromatic heterocycles. The van der Waals surface area contributed by atoms with E-state index < -0.39 is 10.0 Å². The summed E-state index contributed by atoms with van der Waals surface area (Å²) in [5.74, 6) is 1.08. The van der Waals surface area contributed by atoms with Crippen molar-refractivity contribution in [2.45, 2.75) is 18.1 Å². The van der Waals surface area contributed by atoms with Crippen molar-refractivity contribution in [3.05, 3.63) is 53.0 Å². The molecule has 1 N–H and O–H groups in total. The van der Waals surface area contributed by atoms with Crippen LogP contribution in [0.4, 0.5) is 5.69 Å². The number of thiophene rings is 1. The topological polar surface area (TPSA) is 72.2 Å². The van der Waals surface area contributed by atoms with Crippen LogP contribution in [-0.4, -0.2) is 13.4 Å². The van der Waals surface area contributed by atoms with Gasteiger partial charge in [-0.2, -0.15) is 0 Å². The predicted molar refractivity (Wildman–Crippen MR) is 91.6 cm³/mol. The van der Waals surface area contributed by atoms with Crippen LogP contribution in [0.2, 0.25) is 5.02 Å². The van der Waals surface area contributed by atoms with Gasteiger partial charge in [0.05, 0.1) is 16.8 Å². The monoisotopic (exact) mass is 368 g/mol. The van der Waals surface area contributed by atoms with Crippen molar-refractivity contribution < 1.29 is 12.8 Å². The van der Waals surface area contributed by atoms with Crippen molar-refractivity contribution in [2.75, 3.05) is 4.72 Å². The molecule has 0 amide bonds. The van der Waals surface area contributed by atoms with Crippen LogP contribution in [0.3, 0.4) is 0 Å². The first-order chi connectivity index (χ1) is 10.8. The quantitative estimate of drug-likeness (QED) is 0.737. The lowest BCUT2D eigenvalue weighted by Gasteiger charge is -2.09. The largest absolute Gasteiger partial charge is 0.440 e. The van der Waals surface area contributed by atoms with Gasteiger partial charge in [0, 0.05) is 11.9 Å². The second kappa shape index (κ2) is 5.99. The summed E-state index contributed by atoms with van der Waals surface area (Å²) in [7, 11) is -3.69. The highest BCUT2D eigenvalue weighted by Crippen LogP contribution is 2.32. The first-order valence-corrected chi connectivity index (χ1v) is 9.34. The summed E-state index contributed by atoms with van der Waals surface area (Å²) in [5, 5.41) is 0.470. The highest BCUT2D eigenvalue weighted by atomic mass is 35.5. The Kier molecular flexibility index (Phi) is 4.18. The molecule has 23 heavy (non-hydrogen) atoms. The maximum absolute atomic E-state index is 12.5. The van der Waals surface area contributed by atoms with E-state index in [1.807, 2.05) is 6.92 Å². The van der Waals surface area contributed by atoms with Gasteiger partial charge in [0.15, 0.2) is 11.7 Å². The summed E-state index contributed by atoms with van der Waals surface area (Å²) in [6.45, 7) is 3.55. The van der Waals surface area contributed by atoms with Gasteiger partial charge in [-0.05, 0) is 36.8 Å². The van der Waals surface area contributed by atoms with E-state index in [1.165, 1.54) is 0 Å². The molecule has 0 aliphatic heterocycles. The molecule has 0 fully saturated rings. The highest BCUT2D eigenvalue weighted by molar-refractivity contribution is 7.94. The number of rotatable bonds is 4. The Labute approximate surface area is 143 Å². The lowest BCUT2D eigenvalue weighted by Crippen LogP contribution is -2.12. The summed E-state index contributed by atoms with van der Waals surface area (Å²) in [6.07, 6.45) is 1.58. The second-order valence-corrected chi connectivity index (χ2v) is 8.36. The van der Waals surface area contributed by atoms with Crippen LogP contribution < -0.4 is 4.72 Å². The summed E-state index contributed by atoms with van der Waals surface area (Å²) < 4.78 is 33.2. The van der Waals surface area contributed by atoms with Crippen LogP contribution >= 0.6 is 22.9 Å². The van der Waals surface area contributed by atoms with Gasteiger partial charge in [-0.25, -0.2) is 13.4 Å². The molecule has 5 nitrogen and oxygen atoms in total. The first kappa shape index (κ1) is 16.0. The molecule has 3 rings (SSSR count). The first-order valence-electron chi connectivity index (χ1n) is 6.67. The number of nitrogens with zero attached hydrogens (tertiary/aromatic N) is 1. The van der Waals surface area contributed by atoms with Crippen LogP contribution in [0.25, 0.3) is 10.6 Å². The van der Waals surface area contributed by atoms with Crippen molar-refractivity contribution in [2.24, 2.45) is 0 Å². The number of oxazole rings is 1. The molecule has 0 unspecified atom stereocenters. The Bertz CT molecular complexity index is 961. The van der Waals surface area contributed by atoms with Crippen LogP contribution in [-0.2, 0) is 10.0 Å². The zero-order valence-electron chi connectivity index (χ0n) is 12.3. The third-order valence-corrected chi connectivity index (χ3v) is 6.35. The maximum Gasteiger partial charge on any atom is 0.271 e. The predicted octanol–water partition coefficient (Wildman–Crippen LogP) is 4.47. The lowest BCUT2D eigenvalue weighted by molar-refractivity contribution is 0.535. The van der Waals surface area contributed by atoms with E-state index in [4.69, 9.17) is 16.0 Å². The minimum atomic E-state index is -3.69. The van der Waals surface area contributed by atoms with Crippen LogP contribution in [0.5, 0.6) is 0 Å². The smallest absolute Gasteiger partial charge is 0.271 e. The zero-order chi connectivity index (χ0) is 16.6. The molecule has 0 saturated heterocycles. The molecular formula is C15H13ClN2O3S2. The molecule has 1 aromatic carbocycles. The van der Waals surface area contributed by atoms with E-state index in [9.17, 15) is 8.42 Å². The lowest BCUT2D eigenvalue weighted by atomic mass is 10.2. The Morgan fingerprint density at radius 3 is 2.70 bits per heavy atom. The fourth-order valence-electron chi connectivity index (χ4n) is 1.97. The minimum absolute atomic E-state index is 0.195. The number of hydrogen-bond donors (Lipinski definition) is 1. The van der Waals surface area contributed by atoms with E-state index in [-0.39, 0.29) is 4.21 Å². The molecule has 0 bridgehead atoms. The van der Waals surface area contributed by atoms with Crippen molar-refractivity contribution in [3.63, 3.8) is 0 Å². The Morgan fingerprint density at radius 2 is 2.00 bits per heavy atom. The normalized spacial score (nSPS) is 11.6. The van der Waals surface area contributed by atoms with Gasteiger partial charge in [0.25, 0.3) is 10.0 Å². The fraction of sp³-hybridized carbons (Fsp3) is 0.133. The molecule has 8 heteroatoms. The van der Waals surface area contributed by atoms with E-state index in [1.54, 1.807) is 43.5 Å². The van der Waals surface area contributed by atoms with Crippen LogP contribution in [0.15, 0.2) is 45.2 Å². The summed E-state index contributed by atoms with van der Waals surface area (Å²) in [6, 6.07) is 8.30.